The van der Waals surface area contributed by atoms with Crippen LogP contribution in [0.4, 0.5) is 4.39 Å². The van der Waals surface area contributed by atoms with E-state index in [1.807, 2.05) is 6.92 Å². The molecule has 1 aliphatic rings. The molecule has 0 aromatic heterocycles. The lowest BCUT2D eigenvalue weighted by atomic mass is 9.85. The average molecular weight is 442 g/mol. The summed E-state index contributed by atoms with van der Waals surface area (Å²) in [4.78, 5) is 14.8. The number of piperidine rings is 1. The molecular weight excluding hydrogens is 405 g/mol. The predicted octanol–water partition coefficient (Wildman–Crippen LogP) is 3.17. The topological polar surface area (TPSA) is 69.7 Å². The van der Waals surface area contributed by atoms with Gasteiger partial charge in [-0.15, -0.1) is 0 Å². The maximum atomic E-state index is 13.3. The van der Waals surface area contributed by atoms with Crippen molar-refractivity contribution in [1.29, 1.82) is 0 Å². The number of halogens is 1. The van der Waals surface area contributed by atoms with Gasteiger partial charge in [-0.1, -0.05) is 39.8 Å². The lowest BCUT2D eigenvalue weighted by Gasteiger charge is -2.36. The second-order valence-electron chi connectivity index (χ2n) is 9.41. The van der Waals surface area contributed by atoms with Crippen LogP contribution < -0.4 is 5.32 Å². The van der Waals surface area contributed by atoms with E-state index in [0.717, 1.165) is 24.8 Å². The van der Waals surface area contributed by atoms with E-state index in [2.05, 4.69) is 31.0 Å². The Labute approximate surface area is 180 Å². The van der Waals surface area contributed by atoms with Crippen LogP contribution in [0.2, 0.25) is 0 Å². The summed E-state index contributed by atoms with van der Waals surface area (Å²) in [5, 5.41) is 3.12. The molecule has 1 aromatic rings. The molecule has 1 fully saturated rings. The molecule has 1 heterocycles. The van der Waals surface area contributed by atoms with E-state index in [1.54, 1.807) is 16.4 Å². The number of amides is 1. The van der Waals surface area contributed by atoms with Gasteiger partial charge in [-0.25, -0.2) is 12.8 Å². The van der Waals surface area contributed by atoms with E-state index in [-0.39, 0.29) is 35.8 Å². The first-order valence-electron chi connectivity index (χ1n) is 10.6. The van der Waals surface area contributed by atoms with Crippen LogP contribution in [0.5, 0.6) is 0 Å². The molecule has 2 rings (SSSR count). The summed E-state index contributed by atoms with van der Waals surface area (Å²) in [5.74, 6) is -0.361. The highest BCUT2D eigenvalue weighted by atomic mass is 32.2. The zero-order valence-electron chi connectivity index (χ0n) is 18.8. The summed E-state index contributed by atoms with van der Waals surface area (Å²) in [6.45, 7) is 10.3. The number of nitrogens with one attached hydrogen (secondary N) is 1. The molecule has 30 heavy (non-hydrogen) atoms. The quantitative estimate of drug-likeness (QED) is 0.673. The van der Waals surface area contributed by atoms with Crippen molar-refractivity contribution in [1.82, 2.24) is 14.5 Å². The van der Waals surface area contributed by atoms with E-state index in [1.165, 1.54) is 18.4 Å². The molecule has 1 N–H and O–H groups in total. The minimum absolute atomic E-state index is 0.0000656. The fourth-order valence-corrected chi connectivity index (χ4v) is 5.35. The second-order valence-corrected chi connectivity index (χ2v) is 11.3. The van der Waals surface area contributed by atoms with Gasteiger partial charge < -0.3 is 5.32 Å². The molecule has 0 spiro atoms. The summed E-state index contributed by atoms with van der Waals surface area (Å²) in [7, 11) is -3.21. The minimum Gasteiger partial charge on any atom is -0.348 e. The van der Waals surface area contributed by atoms with Gasteiger partial charge in [-0.3, -0.25) is 9.69 Å². The number of nitrogens with zero attached hydrogens (tertiary/aromatic N) is 2. The Morgan fingerprint density at radius 3 is 2.27 bits per heavy atom. The van der Waals surface area contributed by atoms with E-state index in [0.29, 0.717) is 19.6 Å². The van der Waals surface area contributed by atoms with Crippen LogP contribution in [0, 0.1) is 11.2 Å². The third kappa shape index (κ3) is 7.63. The van der Waals surface area contributed by atoms with Crippen LogP contribution in [0.3, 0.4) is 0 Å². The molecule has 0 radical (unpaired) electrons. The van der Waals surface area contributed by atoms with Crippen molar-refractivity contribution in [2.75, 3.05) is 32.4 Å². The number of rotatable bonds is 8. The highest BCUT2D eigenvalue weighted by molar-refractivity contribution is 7.88. The minimum atomic E-state index is -3.21. The highest BCUT2D eigenvalue weighted by Gasteiger charge is 2.30. The number of benzene rings is 1. The molecule has 1 amide bonds. The van der Waals surface area contributed by atoms with Crippen LogP contribution in [-0.4, -0.2) is 62.0 Å². The molecule has 1 aromatic carbocycles. The van der Waals surface area contributed by atoms with Crippen LogP contribution in [-0.2, 0) is 14.8 Å². The molecular formula is C22H36FN3O3S. The van der Waals surface area contributed by atoms with Gasteiger partial charge in [0.25, 0.3) is 0 Å². The molecule has 1 atom stereocenters. The van der Waals surface area contributed by atoms with E-state index < -0.39 is 10.0 Å². The summed E-state index contributed by atoms with van der Waals surface area (Å²) >= 11 is 0. The third-order valence-electron chi connectivity index (χ3n) is 5.49. The monoisotopic (exact) mass is 441 g/mol. The van der Waals surface area contributed by atoms with Gasteiger partial charge in [0.05, 0.1) is 18.8 Å². The molecule has 0 aliphatic carbocycles. The Hall–Kier alpha value is -1.51. The van der Waals surface area contributed by atoms with Crippen molar-refractivity contribution in [2.24, 2.45) is 5.41 Å². The van der Waals surface area contributed by atoms with Gasteiger partial charge >= 0.3 is 0 Å². The number of carbonyl (C=O) groups is 1. The molecule has 170 valence electrons. The highest BCUT2D eigenvalue weighted by Crippen LogP contribution is 2.29. The van der Waals surface area contributed by atoms with Crippen molar-refractivity contribution in [3.8, 4) is 0 Å². The standard InChI is InChI=1S/C22H36FN3O3S/c1-6-26(30(5,28)29)19-11-13-25(14-12-19)16-21(27)24-20(15-22(2,3)4)17-7-9-18(23)10-8-17/h7-10,19-20H,6,11-16H2,1-5H3,(H,24,27). The largest absolute Gasteiger partial charge is 0.348 e. The molecule has 6 nitrogen and oxygen atoms in total. The van der Waals surface area contributed by atoms with Crippen molar-refractivity contribution in [3.05, 3.63) is 35.6 Å². The maximum Gasteiger partial charge on any atom is 0.234 e. The van der Waals surface area contributed by atoms with Crippen molar-refractivity contribution in [2.45, 2.75) is 59.0 Å². The van der Waals surface area contributed by atoms with Crippen LogP contribution in [0.15, 0.2) is 24.3 Å². The zero-order valence-corrected chi connectivity index (χ0v) is 19.6. The zero-order chi connectivity index (χ0) is 22.5. The van der Waals surface area contributed by atoms with E-state index in [4.69, 9.17) is 0 Å². The van der Waals surface area contributed by atoms with Crippen LogP contribution in [0.25, 0.3) is 0 Å². The number of sulfonamides is 1. The number of hydrogen-bond acceptors (Lipinski definition) is 4. The Bertz CT molecular complexity index is 798. The van der Waals surface area contributed by atoms with Gasteiger partial charge in [0.1, 0.15) is 5.82 Å². The summed E-state index contributed by atoms with van der Waals surface area (Å²) in [6, 6.07) is 6.10. The van der Waals surface area contributed by atoms with Crippen molar-refractivity contribution < 1.29 is 17.6 Å². The van der Waals surface area contributed by atoms with Crippen LogP contribution >= 0.6 is 0 Å². The lowest BCUT2D eigenvalue weighted by Crippen LogP contribution is -2.49. The molecule has 0 bridgehead atoms. The molecule has 0 saturated carbocycles. The van der Waals surface area contributed by atoms with Crippen molar-refractivity contribution >= 4 is 15.9 Å². The summed E-state index contributed by atoms with van der Waals surface area (Å²) in [6.07, 6.45) is 3.43. The second kappa shape index (κ2) is 10.2. The SMILES string of the molecule is CCN(C1CCN(CC(=O)NC(CC(C)(C)C)c2ccc(F)cc2)CC1)S(C)(=O)=O. The third-order valence-corrected chi connectivity index (χ3v) is 6.90. The normalized spacial score (nSPS) is 17.8. The maximum absolute atomic E-state index is 13.3. The number of hydrogen-bond donors (Lipinski definition) is 1. The van der Waals surface area contributed by atoms with E-state index >= 15 is 0 Å². The van der Waals surface area contributed by atoms with Crippen molar-refractivity contribution in [3.63, 3.8) is 0 Å². The van der Waals surface area contributed by atoms with Gasteiger partial charge in [-0.05, 0) is 42.4 Å². The smallest absolute Gasteiger partial charge is 0.234 e. The predicted molar refractivity (Wildman–Crippen MR) is 118 cm³/mol. The Kier molecular flexibility index (Phi) is 8.42. The Balaban J connectivity index is 1.95. The molecule has 1 saturated heterocycles. The molecule has 1 aliphatic heterocycles. The fourth-order valence-electron chi connectivity index (χ4n) is 4.13. The molecule has 8 heteroatoms. The average Bonchev–Trinajstić information content (AvgIpc) is 2.61. The lowest BCUT2D eigenvalue weighted by molar-refractivity contribution is -0.123. The fraction of sp³-hybridized carbons (Fsp3) is 0.682. The first kappa shape index (κ1) is 24.8. The van der Waals surface area contributed by atoms with Gasteiger partial charge in [0.2, 0.25) is 15.9 Å². The van der Waals surface area contributed by atoms with Gasteiger partial charge in [0, 0.05) is 25.7 Å². The first-order valence-corrected chi connectivity index (χ1v) is 12.5. The first-order chi connectivity index (χ1) is 13.9. The molecule has 1 unspecified atom stereocenters. The summed E-state index contributed by atoms with van der Waals surface area (Å²) < 4.78 is 38.7. The number of likely N-dealkylation sites (tertiary alicyclic amines) is 1. The van der Waals surface area contributed by atoms with Gasteiger partial charge in [0.15, 0.2) is 0 Å². The summed E-state index contributed by atoms with van der Waals surface area (Å²) in [5.41, 5.74) is 0.894. The van der Waals surface area contributed by atoms with E-state index in [9.17, 15) is 17.6 Å². The number of carbonyl (C=O) groups excluding carboxylic acids is 1. The Morgan fingerprint density at radius 1 is 1.23 bits per heavy atom. The van der Waals surface area contributed by atoms with Crippen LogP contribution in [0.1, 0.15) is 58.6 Å². The van der Waals surface area contributed by atoms with Gasteiger partial charge in [-0.2, -0.15) is 4.31 Å². The Morgan fingerprint density at radius 2 is 1.80 bits per heavy atom.